The summed E-state index contributed by atoms with van der Waals surface area (Å²) in [7, 11) is -3.64. The monoisotopic (exact) mass is 426 g/mol. The van der Waals surface area contributed by atoms with Gasteiger partial charge in [-0.05, 0) is 25.1 Å². The Bertz CT molecular complexity index is 960. The standard InChI is InChI=1S/C19H24ClFN4O2S/c1-13(2)19-22-14(3)10-18(23-19)24-6-8-25(9-7-24)28(26,27)12-15-11-16(20)4-5-17(15)21/h4-5,10-11,13H,6-9,12H2,1-3H3. The number of hydrogen-bond donors (Lipinski definition) is 0. The highest BCUT2D eigenvalue weighted by atomic mass is 35.5. The average Bonchev–Trinajstić information content (AvgIpc) is 2.64. The third-order valence-electron chi connectivity index (χ3n) is 4.68. The maximum absolute atomic E-state index is 13.9. The summed E-state index contributed by atoms with van der Waals surface area (Å²) in [6.45, 7) is 7.69. The molecule has 1 aromatic carbocycles. The predicted octanol–water partition coefficient (Wildman–Crippen LogP) is 3.35. The molecule has 2 heterocycles. The first-order chi connectivity index (χ1) is 13.2. The molecule has 1 fully saturated rings. The van der Waals surface area contributed by atoms with Gasteiger partial charge in [0.05, 0.1) is 5.75 Å². The first kappa shape index (κ1) is 21.0. The Kier molecular flexibility index (Phi) is 6.21. The Labute approximate surface area is 170 Å². The van der Waals surface area contributed by atoms with E-state index in [0.717, 1.165) is 17.3 Å². The molecular weight excluding hydrogens is 403 g/mol. The molecule has 1 aliphatic rings. The van der Waals surface area contributed by atoms with Crippen molar-refractivity contribution in [1.29, 1.82) is 0 Å². The Morgan fingerprint density at radius 1 is 1.14 bits per heavy atom. The van der Waals surface area contributed by atoms with Crippen LogP contribution >= 0.6 is 11.6 Å². The smallest absolute Gasteiger partial charge is 0.218 e. The minimum absolute atomic E-state index is 0.0860. The normalized spacial score (nSPS) is 16.0. The topological polar surface area (TPSA) is 66.4 Å². The van der Waals surface area contributed by atoms with Crippen LogP contribution in [0.2, 0.25) is 5.02 Å². The Morgan fingerprint density at radius 2 is 1.82 bits per heavy atom. The van der Waals surface area contributed by atoms with Gasteiger partial charge in [-0.15, -0.1) is 0 Å². The van der Waals surface area contributed by atoms with Crippen molar-refractivity contribution in [2.45, 2.75) is 32.4 Å². The van der Waals surface area contributed by atoms with Gasteiger partial charge in [-0.1, -0.05) is 25.4 Å². The molecule has 152 valence electrons. The highest BCUT2D eigenvalue weighted by molar-refractivity contribution is 7.88. The molecule has 1 saturated heterocycles. The molecular formula is C19H24ClFN4O2S. The van der Waals surface area contributed by atoms with Crippen LogP contribution in [0, 0.1) is 12.7 Å². The van der Waals surface area contributed by atoms with Gasteiger partial charge in [-0.3, -0.25) is 0 Å². The van der Waals surface area contributed by atoms with Crippen LogP contribution in [0.4, 0.5) is 10.2 Å². The summed E-state index contributed by atoms with van der Waals surface area (Å²) < 4.78 is 40.8. The number of aromatic nitrogens is 2. The zero-order valence-electron chi connectivity index (χ0n) is 16.2. The summed E-state index contributed by atoms with van der Waals surface area (Å²) in [5, 5.41) is 0.316. The fourth-order valence-corrected chi connectivity index (χ4v) is 4.84. The van der Waals surface area contributed by atoms with Gasteiger partial charge in [0, 0.05) is 54.4 Å². The molecule has 0 amide bonds. The van der Waals surface area contributed by atoms with Gasteiger partial charge in [0.15, 0.2) is 0 Å². The van der Waals surface area contributed by atoms with E-state index in [-0.39, 0.29) is 11.5 Å². The van der Waals surface area contributed by atoms with Crippen molar-refractivity contribution in [3.8, 4) is 0 Å². The van der Waals surface area contributed by atoms with E-state index in [2.05, 4.69) is 14.9 Å². The molecule has 0 radical (unpaired) electrons. The molecule has 6 nitrogen and oxygen atoms in total. The minimum Gasteiger partial charge on any atom is -0.354 e. The van der Waals surface area contributed by atoms with Crippen LogP contribution in [-0.2, 0) is 15.8 Å². The van der Waals surface area contributed by atoms with Gasteiger partial charge >= 0.3 is 0 Å². The van der Waals surface area contributed by atoms with E-state index < -0.39 is 21.6 Å². The number of hydrogen-bond acceptors (Lipinski definition) is 5. The van der Waals surface area contributed by atoms with Crippen LogP contribution in [0.25, 0.3) is 0 Å². The Hall–Kier alpha value is -1.77. The second kappa shape index (κ2) is 8.31. The SMILES string of the molecule is Cc1cc(N2CCN(S(=O)(=O)Cc3cc(Cl)ccc3F)CC2)nc(C(C)C)n1. The summed E-state index contributed by atoms with van der Waals surface area (Å²) in [5.41, 5.74) is 0.975. The van der Waals surface area contributed by atoms with Crippen molar-refractivity contribution < 1.29 is 12.8 Å². The molecule has 9 heteroatoms. The Morgan fingerprint density at radius 3 is 2.46 bits per heavy atom. The van der Waals surface area contributed by atoms with Gasteiger partial charge in [0.2, 0.25) is 10.0 Å². The summed E-state index contributed by atoms with van der Waals surface area (Å²) in [6.07, 6.45) is 0. The zero-order valence-corrected chi connectivity index (χ0v) is 17.8. The van der Waals surface area contributed by atoms with Crippen LogP contribution in [-0.4, -0.2) is 48.9 Å². The highest BCUT2D eigenvalue weighted by Gasteiger charge is 2.28. The number of sulfonamides is 1. The summed E-state index contributed by atoms with van der Waals surface area (Å²) in [5.74, 6) is 0.844. The molecule has 3 rings (SSSR count). The van der Waals surface area contributed by atoms with E-state index in [0.29, 0.717) is 31.2 Å². The van der Waals surface area contributed by atoms with Gasteiger partial charge < -0.3 is 4.90 Å². The Balaban J connectivity index is 1.70. The molecule has 28 heavy (non-hydrogen) atoms. The van der Waals surface area contributed by atoms with Gasteiger partial charge in [-0.25, -0.2) is 22.8 Å². The number of nitrogens with zero attached hydrogens (tertiary/aromatic N) is 4. The lowest BCUT2D eigenvalue weighted by Gasteiger charge is -2.35. The molecule has 0 N–H and O–H groups in total. The first-order valence-electron chi connectivity index (χ1n) is 9.18. The molecule has 0 aliphatic carbocycles. The van der Waals surface area contributed by atoms with Crippen molar-refractivity contribution in [2.24, 2.45) is 0 Å². The molecule has 1 aliphatic heterocycles. The van der Waals surface area contributed by atoms with Crippen LogP contribution in [0.15, 0.2) is 24.3 Å². The number of benzene rings is 1. The van der Waals surface area contributed by atoms with E-state index in [4.69, 9.17) is 11.6 Å². The summed E-state index contributed by atoms with van der Waals surface area (Å²) >= 11 is 5.87. The van der Waals surface area contributed by atoms with Crippen molar-refractivity contribution in [2.75, 3.05) is 31.1 Å². The lowest BCUT2D eigenvalue weighted by molar-refractivity contribution is 0.382. The fraction of sp³-hybridized carbons (Fsp3) is 0.474. The quantitative estimate of drug-likeness (QED) is 0.733. The largest absolute Gasteiger partial charge is 0.354 e. The average molecular weight is 427 g/mol. The van der Waals surface area contributed by atoms with Gasteiger partial charge in [0.1, 0.15) is 17.5 Å². The molecule has 2 aromatic rings. The van der Waals surface area contributed by atoms with Gasteiger partial charge in [0.25, 0.3) is 0 Å². The van der Waals surface area contributed by atoms with Crippen LogP contribution in [0.1, 0.15) is 36.8 Å². The van der Waals surface area contributed by atoms with Gasteiger partial charge in [-0.2, -0.15) is 4.31 Å². The van der Waals surface area contributed by atoms with Crippen molar-refractivity contribution >= 4 is 27.4 Å². The van der Waals surface area contributed by atoms with E-state index in [9.17, 15) is 12.8 Å². The maximum atomic E-state index is 13.9. The summed E-state index contributed by atoms with van der Waals surface area (Å²) in [4.78, 5) is 11.1. The van der Waals surface area contributed by atoms with E-state index in [1.165, 1.54) is 22.5 Å². The summed E-state index contributed by atoms with van der Waals surface area (Å²) in [6, 6.07) is 5.87. The van der Waals surface area contributed by atoms with E-state index in [1.807, 2.05) is 26.8 Å². The third kappa shape index (κ3) is 4.79. The minimum atomic E-state index is -3.64. The number of rotatable bonds is 5. The molecule has 0 bridgehead atoms. The molecule has 0 atom stereocenters. The maximum Gasteiger partial charge on any atom is 0.218 e. The second-order valence-corrected chi connectivity index (χ2v) is 9.66. The number of piperazine rings is 1. The first-order valence-corrected chi connectivity index (χ1v) is 11.2. The lowest BCUT2D eigenvalue weighted by Crippen LogP contribution is -2.49. The number of anilines is 1. The van der Waals surface area contributed by atoms with Crippen molar-refractivity contribution in [3.63, 3.8) is 0 Å². The molecule has 1 aromatic heterocycles. The predicted molar refractivity (Wildman–Crippen MR) is 109 cm³/mol. The fourth-order valence-electron chi connectivity index (χ4n) is 3.13. The van der Waals surface area contributed by atoms with Crippen LogP contribution in [0.3, 0.4) is 0 Å². The second-order valence-electron chi connectivity index (χ2n) is 7.26. The number of aryl methyl sites for hydroxylation is 1. The van der Waals surface area contributed by atoms with E-state index >= 15 is 0 Å². The van der Waals surface area contributed by atoms with E-state index in [1.54, 1.807) is 0 Å². The molecule has 0 spiro atoms. The zero-order chi connectivity index (χ0) is 20.5. The highest BCUT2D eigenvalue weighted by Crippen LogP contribution is 2.22. The molecule has 0 unspecified atom stereocenters. The van der Waals surface area contributed by atoms with Crippen LogP contribution < -0.4 is 4.90 Å². The molecule has 0 saturated carbocycles. The van der Waals surface area contributed by atoms with Crippen molar-refractivity contribution in [3.05, 3.63) is 52.2 Å². The van der Waals surface area contributed by atoms with Crippen LogP contribution in [0.5, 0.6) is 0 Å². The lowest BCUT2D eigenvalue weighted by atomic mass is 10.2. The number of halogens is 2. The van der Waals surface area contributed by atoms with Crippen molar-refractivity contribution in [1.82, 2.24) is 14.3 Å². The third-order valence-corrected chi connectivity index (χ3v) is 6.74.